The fourth-order valence-corrected chi connectivity index (χ4v) is 1.42. The fraction of sp³-hybridized carbons (Fsp3) is 0.727. The highest BCUT2D eigenvalue weighted by molar-refractivity contribution is 5.62. The number of hydrogen-bond acceptors (Lipinski definition) is 2. The average Bonchev–Trinajstić information content (AvgIpc) is 2.03. The summed E-state index contributed by atoms with van der Waals surface area (Å²) >= 11 is 0. The fourth-order valence-electron chi connectivity index (χ4n) is 1.42. The van der Waals surface area contributed by atoms with Crippen molar-refractivity contribution < 1.29 is 15.0 Å². The van der Waals surface area contributed by atoms with Crippen LogP contribution in [-0.2, 0) is 4.79 Å². The smallest absolute Gasteiger partial charge is 0.300 e. The van der Waals surface area contributed by atoms with Crippen molar-refractivity contribution >= 4 is 5.97 Å². The molecule has 2 unspecified atom stereocenters. The lowest BCUT2D eigenvalue weighted by Gasteiger charge is -2.22. The molecule has 0 aliphatic heterocycles. The zero-order valence-electron chi connectivity index (χ0n) is 9.16. The van der Waals surface area contributed by atoms with Crippen molar-refractivity contribution in [1.82, 2.24) is 0 Å². The van der Waals surface area contributed by atoms with Gasteiger partial charge >= 0.3 is 0 Å². The van der Waals surface area contributed by atoms with E-state index in [2.05, 4.69) is 13.0 Å². The molecule has 0 bridgehead atoms. The molecule has 0 aromatic rings. The molecule has 1 aliphatic carbocycles. The zero-order valence-corrected chi connectivity index (χ0v) is 9.16. The molecule has 1 aliphatic rings. The highest BCUT2D eigenvalue weighted by Crippen LogP contribution is 2.25. The van der Waals surface area contributed by atoms with Gasteiger partial charge in [-0.2, -0.15) is 0 Å². The molecule has 1 rings (SSSR count). The molecule has 0 amide bonds. The van der Waals surface area contributed by atoms with Crippen LogP contribution >= 0.6 is 0 Å². The van der Waals surface area contributed by atoms with Gasteiger partial charge in [-0.1, -0.05) is 11.6 Å². The standard InChI is InChI=1S/C9H16O.C2H4O2/c1-7-3-5-9(6-4-7)8(2)10;1-2(3)4/h3,8-10H,4-6H2,1-2H3;1H3,(H,3,4). The van der Waals surface area contributed by atoms with Crippen LogP contribution in [0.3, 0.4) is 0 Å². The normalized spacial score (nSPS) is 22.9. The molecule has 0 saturated carbocycles. The van der Waals surface area contributed by atoms with E-state index in [9.17, 15) is 5.11 Å². The SMILES string of the molecule is CC(=O)O.CC1=CCC(C(C)O)CC1. The molecule has 2 atom stereocenters. The number of carboxylic acids is 1. The maximum absolute atomic E-state index is 9.23. The summed E-state index contributed by atoms with van der Waals surface area (Å²) < 4.78 is 0. The number of aliphatic hydroxyl groups is 1. The van der Waals surface area contributed by atoms with Gasteiger partial charge < -0.3 is 10.2 Å². The van der Waals surface area contributed by atoms with E-state index in [0.717, 1.165) is 13.3 Å². The highest BCUT2D eigenvalue weighted by atomic mass is 16.4. The summed E-state index contributed by atoms with van der Waals surface area (Å²) in [6.45, 7) is 5.14. The van der Waals surface area contributed by atoms with E-state index >= 15 is 0 Å². The first-order chi connectivity index (χ1) is 6.43. The first-order valence-corrected chi connectivity index (χ1v) is 4.96. The third-order valence-corrected chi connectivity index (χ3v) is 2.36. The number of hydrogen-bond donors (Lipinski definition) is 2. The Balaban J connectivity index is 0.000000364. The van der Waals surface area contributed by atoms with Gasteiger partial charge in [0.05, 0.1) is 6.10 Å². The van der Waals surface area contributed by atoms with E-state index in [1.807, 2.05) is 6.92 Å². The van der Waals surface area contributed by atoms with E-state index in [0.29, 0.717) is 5.92 Å². The van der Waals surface area contributed by atoms with Crippen molar-refractivity contribution in [2.75, 3.05) is 0 Å². The summed E-state index contributed by atoms with van der Waals surface area (Å²) in [5, 5.41) is 16.7. The van der Waals surface area contributed by atoms with Crippen LogP contribution in [-0.4, -0.2) is 22.3 Å². The van der Waals surface area contributed by atoms with Crippen LogP contribution in [0, 0.1) is 5.92 Å². The maximum Gasteiger partial charge on any atom is 0.300 e. The molecule has 14 heavy (non-hydrogen) atoms. The largest absolute Gasteiger partial charge is 0.481 e. The molecule has 0 fully saturated rings. The molecular weight excluding hydrogens is 180 g/mol. The van der Waals surface area contributed by atoms with Crippen molar-refractivity contribution in [3.05, 3.63) is 11.6 Å². The molecule has 82 valence electrons. The van der Waals surface area contributed by atoms with Gasteiger partial charge in [-0.15, -0.1) is 0 Å². The third-order valence-electron chi connectivity index (χ3n) is 2.36. The topological polar surface area (TPSA) is 57.5 Å². The second kappa shape index (κ2) is 6.60. The third kappa shape index (κ3) is 6.66. The molecule has 0 aromatic heterocycles. The summed E-state index contributed by atoms with van der Waals surface area (Å²) in [6.07, 6.45) is 5.55. The van der Waals surface area contributed by atoms with E-state index in [1.54, 1.807) is 0 Å². The second-order valence-electron chi connectivity index (χ2n) is 3.84. The Bertz CT molecular complexity index is 203. The van der Waals surface area contributed by atoms with Crippen molar-refractivity contribution in [2.45, 2.75) is 46.1 Å². The predicted octanol–water partition coefficient (Wildman–Crippen LogP) is 2.20. The minimum atomic E-state index is -0.833. The van der Waals surface area contributed by atoms with Crippen molar-refractivity contribution in [3.63, 3.8) is 0 Å². The van der Waals surface area contributed by atoms with Crippen LogP contribution in [0.25, 0.3) is 0 Å². The van der Waals surface area contributed by atoms with E-state index in [1.165, 1.54) is 18.4 Å². The number of rotatable bonds is 1. The number of carbonyl (C=O) groups is 1. The molecule has 3 nitrogen and oxygen atoms in total. The Kier molecular flexibility index (Phi) is 6.21. The van der Waals surface area contributed by atoms with Crippen LogP contribution in [0.15, 0.2) is 11.6 Å². The van der Waals surface area contributed by atoms with Crippen molar-refractivity contribution in [3.8, 4) is 0 Å². The Morgan fingerprint density at radius 1 is 1.64 bits per heavy atom. The summed E-state index contributed by atoms with van der Waals surface area (Å²) in [5.74, 6) is -0.316. The van der Waals surface area contributed by atoms with Crippen molar-refractivity contribution in [2.24, 2.45) is 5.92 Å². The van der Waals surface area contributed by atoms with Gasteiger partial charge in [-0.05, 0) is 39.0 Å². The van der Waals surface area contributed by atoms with Gasteiger partial charge in [0.1, 0.15) is 0 Å². The molecule has 0 spiro atoms. The average molecular weight is 200 g/mol. The van der Waals surface area contributed by atoms with Crippen LogP contribution in [0.2, 0.25) is 0 Å². The lowest BCUT2D eigenvalue weighted by atomic mass is 9.87. The second-order valence-corrected chi connectivity index (χ2v) is 3.84. The summed E-state index contributed by atoms with van der Waals surface area (Å²) in [6, 6.07) is 0. The zero-order chi connectivity index (χ0) is 11.1. The first kappa shape index (κ1) is 13.2. The minimum absolute atomic E-state index is 0.121. The van der Waals surface area contributed by atoms with Gasteiger partial charge in [0.25, 0.3) is 5.97 Å². The van der Waals surface area contributed by atoms with Gasteiger partial charge in [-0.25, -0.2) is 0 Å². The Morgan fingerprint density at radius 2 is 2.14 bits per heavy atom. The van der Waals surface area contributed by atoms with Gasteiger partial charge in [0.2, 0.25) is 0 Å². The van der Waals surface area contributed by atoms with Gasteiger partial charge in [0.15, 0.2) is 0 Å². The molecule has 0 saturated heterocycles. The molecule has 0 radical (unpaired) electrons. The highest BCUT2D eigenvalue weighted by Gasteiger charge is 2.16. The van der Waals surface area contributed by atoms with Crippen molar-refractivity contribution in [1.29, 1.82) is 0 Å². The minimum Gasteiger partial charge on any atom is -0.481 e. The van der Waals surface area contributed by atoms with Gasteiger partial charge in [0, 0.05) is 6.92 Å². The van der Waals surface area contributed by atoms with Gasteiger partial charge in [-0.3, -0.25) is 4.79 Å². The van der Waals surface area contributed by atoms with Crippen LogP contribution in [0.1, 0.15) is 40.0 Å². The predicted molar refractivity (Wildman–Crippen MR) is 56.1 cm³/mol. The molecular formula is C11H20O3. The van der Waals surface area contributed by atoms with Crippen LogP contribution < -0.4 is 0 Å². The number of aliphatic carboxylic acids is 1. The summed E-state index contributed by atoms with van der Waals surface area (Å²) in [4.78, 5) is 9.00. The summed E-state index contributed by atoms with van der Waals surface area (Å²) in [7, 11) is 0. The van der Waals surface area contributed by atoms with Crippen LogP contribution in [0.5, 0.6) is 0 Å². The molecule has 2 N–H and O–H groups in total. The quantitative estimate of drug-likeness (QED) is 0.638. The number of carboxylic acid groups (broad SMARTS) is 1. The number of allylic oxidation sites excluding steroid dienone is 2. The Labute approximate surface area is 85.4 Å². The van der Waals surface area contributed by atoms with E-state index < -0.39 is 5.97 Å². The lowest BCUT2D eigenvalue weighted by molar-refractivity contribution is -0.134. The number of aliphatic hydroxyl groups excluding tert-OH is 1. The Hall–Kier alpha value is -0.830. The molecule has 0 heterocycles. The summed E-state index contributed by atoms with van der Waals surface area (Å²) in [5.41, 5.74) is 1.48. The lowest BCUT2D eigenvalue weighted by Crippen LogP contribution is -2.18. The first-order valence-electron chi connectivity index (χ1n) is 4.96. The molecule has 3 heteroatoms. The maximum atomic E-state index is 9.23. The van der Waals surface area contributed by atoms with Crippen LogP contribution in [0.4, 0.5) is 0 Å². The molecule has 0 aromatic carbocycles. The Morgan fingerprint density at radius 3 is 2.43 bits per heavy atom. The van der Waals surface area contributed by atoms with E-state index in [-0.39, 0.29) is 6.10 Å². The monoisotopic (exact) mass is 200 g/mol. The van der Waals surface area contributed by atoms with E-state index in [4.69, 9.17) is 9.90 Å².